The van der Waals surface area contributed by atoms with Crippen molar-refractivity contribution in [2.24, 2.45) is 0 Å². The summed E-state index contributed by atoms with van der Waals surface area (Å²) >= 11 is 0.973. The molecule has 1 atom stereocenters. The number of hydrogen-bond donors (Lipinski definition) is 1. The standard InChI is InChI=1S/C16H19N3O5S/c1-8-6-7-17-19(8)10(3)13(20)18-14-11(15(21)23-4)9(2)12(25-14)16(22)24-5/h6-7,10H,1-5H3,(H,18,20). The van der Waals surface area contributed by atoms with Crippen molar-refractivity contribution < 1.29 is 23.9 Å². The van der Waals surface area contributed by atoms with E-state index in [1.54, 1.807) is 30.8 Å². The van der Waals surface area contributed by atoms with Crippen molar-refractivity contribution in [2.45, 2.75) is 26.8 Å². The minimum atomic E-state index is -0.637. The first kappa shape index (κ1) is 18.7. The van der Waals surface area contributed by atoms with Gasteiger partial charge in [-0.1, -0.05) is 0 Å². The number of hydrogen-bond acceptors (Lipinski definition) is 7. The number of aromatic nitrogens is 2. The van der Waals surface area contributed by atoms with Crippen molar-refractivity contribution >= 4 is 34.2 Å². The Morgan fingerprint density at radius 2 is 1.84 bits per heavy atom. The first-order valence-electron chi connectivity index (χ1n) is 7.42. The van der Waals surface area contributed by atoms with Gasteiger partial charge in [-0.15, -0.1) is 11.3 Å². The maximum atomic E-state index is 12.6. The number of esters is 2. The summed E-state index contributed by atoms with van der Waals surface area (Å²) in [6.07, 6.45) is 1.60. The maximum Gasteiger partial charge on any atom is 0.348 e. The molecule has 0 aliphatic rings. The largest absolute Gasteiger partial charge is 0.465 e. The Hall–Kier alpha value is -2.68. The molecule has 25 heavy (non-hydrogen) atoms. The van der Waals surface area contributed by atoms with Crippen LogP contribution in [0.15, 0.2) is 12.3 Å². The second kappa shape index (κ2) is 7.47. The molecule has 2 rings (SSSR count). The zero-order valence-electron chi connectivity index (χ0n) is 14.6. The monoisotopic (exact) mass is 365 g/mol. The molecular formula is C16H19N3O5S. The molecule has 134 valence electrons. The van der Waals surface area contributed by atoms with Crippen LogP contribution in [0.5, 0.6) is 0 Å². The minimum absolute atomic E-state index is 0.144. The van der Waals surface area contributed by atoms with Gasteiger partial charge in [0.1, 0.15) is 15.9 Å². The number of carbonyl (C=O) groups excluding carboxylic acids is 3. The van der Waals surface area contributed by atoms with Crippen LogP contribution in [-0.2, 0) is 14.3 Å². The number of thiophene rings is 1. The second-order valence-electron chi connectivity index (χ2n) is 5.33. The number of rotatable bonds is 5. The summed E-state index contributed by atoms with van der Waals surface area (Å²) in [5.74, 6) is -1.58. The Morgan fingerprint density at radius 3 is 2.36 bits per heavy atom. The number of ether oxygens (including phenoxy) is 2. The number of nitrogens with zero attached hydrogens (tertiary/aromatic N) is 2. The van der Waals surface area contributed by atoms with Crippen LogP contribution in [0, 0.1) is 13.8 Å². The van der Waals surface area contributed by atoms with E-state index in [-0.39, 0.29) is 21.3 Å². The zero-order chi connectivity index (χ0) is 18.7. The summed E-state index contributed by atoms with van der Waals surface area (Å²) in [7, 11) is 2.48. The van der Waals surface area contributed by atoms with Crippen molar-refractivity contribution in [1.82, 2.24) is 9.78 Å². The molecular weight excluding hydrogens is 346 g/mol. The summed E-state index contributed by atoms with van der Waals surface area (Å²) in [5.41, 5.74) is 1.38. The molecule has 8 nitrogen and oxygen atoms in total. The van der Waals surface area contributed by atoms with Crippen molar-refractivity contribution in [3.63, 3.8) is 0 Å². The molecule has 0 fully saturated rings. The summed E-state index contributed by atoms with van der Waals surface area (Å²) in [6.45, 7) is 5.13. The molecule has 9 heteroatoms. The van der Waals surface area contributed by atoms with Crippen LogP contribution in [0.25, 0.3) is 0 Å². The molecule has 0 aliphatic heterocycles. The maximum absolute atomic E-state index is 12.6. The predicted molar refractivity (Wildman–Crippen MR) is 92.0 cm³/mol. The van der Waals surface area contributed by atoms with E-state index in [0.29, 0.717) is 5.56 Å². The minimum Gasteiger partial charge on any atom is -0.465 e. The Labute approximate surface area is 148 Å². The van der Waals surface area contributed by atoms with Crippen LogP contribution in [0.4, 0.5) is 5.00 Å². The molecule has 0 bridgehead atoms. The number of methoxy groups -OCH3 is 2. The van der Waals surface area contributed by atoms with Crippen LogP contribution < -0.4 is 5.32 Å². The van der Waals surface area contributed by atoms with Crippen molar-refractivity contribution in [3.05, 3.63) is 34.0 Å². The Morgan fingerprint density at radius 1 is 1.20 bits per heavy atom. The quantitative estimate of drug-likeness (QED) is 0.817. The van der Waals surface area contributed by atoms with Gasteiger partial charge in [-0.3, -0.25) is 9.48 Å². The molecule has 2 aromatic rings. The average molecular weight is 365 g/mol. The van der Waals surface area contributed by atoms with E-state index in [1.165, 1.54) is 14.2 Å². The third kappa shape index (κ3) is 3.55. The highest BCUT2D eigenvalue weighted by molar-refractivity contribution is 7.18. The number of nitrogens with one attached hydrogen (secondary N) is 1. The van der Waals surface area contributed by atoms with Crippen LogP contribution in [0.2, 0.25) is 0 Å². The summed E-state index contributed by atoms with van der Waals surface area (Å²) in [6, 6.07) is 1.19. The highest BCUT2D eigenvalue weighted by Gasteiger charge is 2.28. The molecule has 2 aromatic heterocycles. The summed E-state index contributed by atoms with van der Waals surface area (Å²) in [4.78, 5) is 36.7. The lowest BCUT2D eigenvalue weighted by Gasteiger charge is -2.14. The normalized spacial score (nSPS) is 11.7. The molecule has 0 aromatic carbocycles. The van der Waals surface area contributed by atoms with E-state index in [2.05, 4.69) is 10.4 Å². The second-order valence-corrected chi connectivity index (χ2v) is 6.35. The molecule has 0 radical (unpaired) electrons. The summed E-state index contributed by atoms with van der Waals surface area (Å²) in [5, 5.41) is 7.04. The molecule has 0 aliphatic carbocycles. The van der Waals surface area contributed by atoms with Gasteiger partial charge in [0.2, 0.25) is 5.91 Å². The summed E-state index contributed by atoms with van der Waals surface area (Å²) < 4.78 is 11.0. The molecule has 1 N–H and O–H groups in total. The number of aryl methyl sites for hydroxylation is 1. The first-order chi connectivity index (χ1) is 11.8. The molecule has 0 saturated heterocycles. The van der Waals surface area contributed by atoms with E-state index in [9.17, 15) is 14.4 Å². The van der Waals surface area contributed by atoms with Gasteiger partial charge in [0.25, 0.3) is 0 Å². The van der Waals surface area contributed by atoms with Gasteiger partial charge >= 0.3 is 11.9 Å². The number of carbonyl (C=O) groups is 3. The Balaban J connectivity index is 2.38. The zero-order valence-corrected chi connectivity index (χ0v) is 15.4. The molecule has 0 spiro atoms. The molecule has 1 unspecified atom stereocenters. The van der Waals surface area contributed by atoms with Crippen LogP contribution in [0.3, 0.4) is 0 Å². The predicted octanol–water partition coefficient (Wildman–Crippen LogP) is 2.33. The first-order valence-corrected chi connectivity index (χ1v) is 8.24. The lowest BCUT2D eigenvalue weighted by atomic mass is 10.1. The van der Waals surface area contributed by atoms with Gasteiger partial charge in [-0.25, -0.2) is 9.59 Å². The van der Waals surface area contributed by atoms with E-state index < -0.39 is 18.0 Å². The average Bonchev–Trinajstić information content (AvgIpc) is 3.16. The van der Waals surface area contributed by atoms with Gasteiger partial charge < -0.3 is 14.8 Å². The fourth-order valence-electron chi connectivity index (χ4n) is 2.35. The number of anilines is 1. The van der Waals surface area contributed by atoms with E-state index in [0.717, 1.165) is 17.0 Å². The van der Waals surface area contributed by atoms with Gasteiger partial charge in [-0.2, -0.15) is 5.10 Å². The smallest absolute Gasteiger partial charge is 0.348 e. The van der Waals surface area contributed by atoms with Gasteiger partial charge in [0.05, 0.1) is 19.8 Å². The van der Waals surface area contributed by atoms with Crippen molar-refractivity contribution in [2.75, 3.05) is 19.5 Å². The fraction of sp³-hybridized carbons (Fsp3) is 0.375. The third-order valence-corrected chi connectivity index (χ3v) is 4.95. The van der Waals surface area contributed by atoms with Crippen LogP contribution in [0.1, 0.15) is 44.3 Å². The van der Waals surface area contributed by atoms with Crippen LogP contribution in [-0.4, -0.2) is 41.8 Å². The topological polar surface area (TPSA) is 99.5 Å². The third-order valence-electron chi connectivity index (χ3n) is 3.76. The van der Waals surface area contributed by atoms with Crippen molar-refractivity contribution in [1.29, 1.82) is 0 Å². The lowest BCUT2D eigenvalue weighted by Crippen LogP contribution is -2.25. The highest BCUT2D eigenvalue weighted by atomic mass is 32.1. The van der Waals surface area contributed by atoms with E-state index in [1.807, 2.05) is 6.92 Å². The van der Waals surface area contributed by atoms with E-state index >= 15 is 0 Å². The Kier molecular flexibility index (Phi) is 5.58. The van der Waals surface area contributed by atoms with E-state index in [4.69, 9.17) is 9.47 Å². The molecule has 0 saturated carbocycles. The lowest BCUT2D eigenvalue weighted by molar-refractivity contribution is -0.119. The molecule has 2 heterocycles. The fourth-order valence-corrected chi connectivity index (χ4v) is 3.47. The Bertz CT molecular complexity index is 824. The van der Waals surface area contributed by atoms with Crippen LogP contribution >= 0.6 is 11.3 Å². The highest BCUT2D eigenvalue weighted by Crippen LogP contribution is 2.34. The van der Waals surface area contributed by atoms with Gasteiger partial charge in [-0.05, 0) is 32.4 Å². The molecule has 1 amide bonds. The van der Waals surface area contributed by atoms with Gasteiger partial charge in [0.15, 0.2) is 0 Å². The number of amides is 1. The SMILES string of the molecule is COC(=O)c1sc(NC(=O)C(C)n2nccc2C)c(C(=O)OC)c1C. The van der Waals surface area contributed by atoms with Crippen molar-refractivity contribution in [3.8, 4) is 0 Å². The van der Waals surface area contributed by atoms with Gasteiger partial charge in [0, 0.05) is 11.9 Å².